The average molecular weight is 383 g/mol. The molecule has 0 bridgehead atoms. The van der Waals surface area contributed by atoms with E-state index in [1.54, 1.807) is 0 Å². The van der Waals surface area contributed by atoms with Crippen molar-refractivity contribution in [1.82, 2.24) is 0 Å². The number of halogens is 1. The van der Waals surface area contributed by atoms with E-state index in [2.05, 4.69) is 52.3 Å². The number of hydrogen-bond acceptors (Lipinski definition) is 1. The summed E-state index contributed by atoms with van der Waals surface area (Å²) >= 11 is 3.63. The lowest BCUT2D eigenvalue weighted by Gasteiger charge is -2.08. The smallest absolute Gasteiger partial charge is 0.135 e. The van der Waals surface area contributed by atoms with Gasteiger partial charge in [-0.2, -0.15) is 0 Å². The minimum Gasteiger partial charge on any atom is -0.456 e. The first-order chi connectivity index (χ1) is 12.2. The van der Waals surface area contributed by atoms with Crippen molar-refractivity contribution in [3.05, 3.63) is 77.3 Å². The normalized spacial score (nSPS) is 11.6. The Morgan fingerprint density at radius 1 is 0.640 bits per heavy atom. The van der Waals surface area contributed by atoms with Crippen LogP contribution in [0.25, 0.3) is 43.8 Å². The van der Waals surface area contributed by atoms with Gasteiger partial charge in [-0.15, -0.1) is 0 Å². The second-order valence-electron chi connectivity index (χ2n) is 6.21. The Bertz CT molecular complexity index is 1270. The summed E-state index contributed by atoms with van der Waals surface area (Å²) in [4.78, 5) is 0. The van der Waals surface area contributed by atoms with Gasteiger partial charge in [-0.1, -0.05) is 63.9 Å². The molecule has 0 spiro atoms. The lowest BCUT2D eigenvalue weighted by atomic mass is 9.89. The molecule has 1 nitrogen and oxygen atoms in total. The summed E-state index contributed by atoms with van der Waals surface area (Å²) in [5, 5.41) is 4.47. The Labute approximate surface area is 154 Å². The standard InChI is InChI=1S/C22H12BBrO/c23-19-8-9-20(24)17-11-13(5-7-15(17)19)14-6-10-22-18(12-14)16-3-1-2-4-21(16)25-22/h1-12H. The van der Waals surface area contributed by atoms with Crippen LogP contribution in [-0.2, 0) is 0 Å². The monoisotopic (exact) mass is 382 g/mol. The molecule has 0 fully saturated rings. The summed E-state index contributed by atoms with van der Waals surface area (Å²) in [6.07, 6.45) is 0. The molecule has 4 aromatic carbocycles. The van der Waals surface area contributed by atoms with Crippen LogP contribution < -0.4 is 5.46 Å². The summed E-state index contributed by atoms with van der Waals surface area (Å²) in [6, 6.07) is 24.8. The molecule has 3 heteroatoms. The van der Waals surface area contributed by atoms with Crippen LogP contribution in [0.2, 0.25) is 0 Å². The van der Waals surface area contributed by atoms with E-state index in [-0.39, 0.29) is 0 Å². The molecule has 0 aliphatic heterocycles. The zero-order valence-corrected chi connectivity index (χ0v) is 14.9. The molecule has 0 aliphatic rings. The molecule has 0 aliphatic carbocycles. The van der Waals surface area contributed by atoms with E-state index in [1.165, 1.54) is 0 Å². The highest BCUT2D eigenvalue weighted by molar-refractivity contribution is 9.10. The molecule has 0 unspecified atom stereocenters. The number of benzene rings is 4. The summed E-state index contributed by atoms with van der Waals surface area (Å²) in [5.41, 5.74) is 4.95. The topological polar surface area (TPSA) is 13.1 Å². The maximum absolute atomic E-state index is 6.10. The van der Waals surface area contributed by atoms with Crippen LogP contribution in [0.4, 0.5) is 0 Å². The van der Waals surface area contributed by atoms with Crippen LogP contribution in [0, 0.1) is 0 Å². The first-order valence-corrected chi connectivity index (χ1v) is 8.89. The average Bonchev–Trinajstić information content (AvgIpc) is 3.02. The van der Waals surface area contributed by atoms with Crippen molar-refractivity contribution in [2.45, 2.75) is 0 Å². The van der Waals surface area contributed by atoms with Gasteiger partial charge in [-0.25, -0.2) is 0 Å². The fourth-order valence-electron chi connectivity index (χ4n) is 3.42. The van der Waals surface area contributed by atoms with Crippen LogP contribution in [0.1, 0.15) is 0 Å². The van der Waals surface area contributed by atoms with Crippen molar-refractivity contribution < 1.29 is 4.42 Å². The van der Waals surface area contributed by atoms with Crippen molar-refractivity contribution in [2.75, 3.05) is 0 Å². The molecule has 25 heavy (non-hydrogen) atoms. The highest BCUT2D eigenvalue weighted by Crippen LogP contribution is 2.34. The van der Waals surface area contributed by atoms with E-state index in [1.807, 2.05) is 36.4 Å². The molecule has 1 aromatic heterocycles. The van der Waals surface area contributed by atoms with Crippen molar-refractivity contribution in [1.29, 1.82) is 0 Å². The van der Waals surface area contributed by atoms with Crippen molar-refractivity contribution >= 4 is 61.9 Å². The van der Waals surface area contributed by atoms with E-state index in [0.717, 1.165) is 53.8 Å². The largest absolute Gasteiger partial charge is 0.456 e. The maximum Gasteiger partial charge on any atom is 0.135 e. The first kappa shape index (κ1) is 14.8. The Morgan fingerprint density at radius 2 is 1.36 bits per heavy atom. The summed E-state index contributed by atoms with van der Waals surface area (Å²) < 4.78 is 6.97. The van der Waals surface area contributed by atoms with Crippen molar-refractivity contribution in [3.63, 3.8) is 0 Å². The van der Waals surface area contributed by atoms with Gasteiger partial charge < -0.3 is 4.42 Å². The molecule has 0 N–H and O–H groups in total. The molecule has 5 aromatic rings. The minimum absolute atomic E-state index is 0.793. The minimum atomic E-state index is 0.793. The Balaban J connectivity index is 1.76. The predicted molar refractivity (Wildman–Crippen MR) is 110 cm³/mol. The van der Waals surface area contributed by atoms with Gasteiger partial charge in [-0.05, 0) is 52.2 Å². The highest BCUT2D eigenvalue weighted by atomic mass is 79.9. The summed E-state index contributed by atoms with van der Waals surface area (Å²) in [6.45, 7) is 0. The van der Waals surface area contributed by atoms with Gasteiger partial charge in [0.2, 0.25) is 0 Å². The van der Waals surface area contributed by atoms with Gasteiger partial charge in [0.05, 0.1) is 0 Å². The van der Waals surface area contributed by atoms with Gasteiger partial charge in [0.1, 0.15) is 19.0 Å². The molecule has 116 valence electrons. The lowest BCUT2D eigenvalue weighted by Crippen LogP contribution is -2.03. The van der Waals surface area contributed by atoms with Gasteiger partial charge in [-0.3, -0.25) is 0 Å². The van der Waals surface area contributed by atoms with Gasteiger partial charge in [0.15, 0.2) is 0 Å². The molecule has 0 saturated carbocycles. The molecule has 1 heterocycles. The van der Waals surface area contributed by atoms with Crippen molar-refractivity contribution in [2.24, 2.45) is 0 Å². The molecule has 5 rings (SSSR count). The number of fused-ring (bicyclic) bond motifs is 4. The maximum atomic E-state index is 6.10. The Kier molecular flexibility index (Phi) is 3.26. The molecule has 0 amide bonds. The Morgan fingerprint density at radius 3 is 2.24 bits per heavy atom. The lowest BCUT2D eigenvalue weighted by molar-refractivity contribution is 0.669. The van der Waals surface area contributed by atoms with Gasteiger partial charge >= 0.3 is 0 Å². The van der Waals surface area contributed by atoms with E-state index >= 15 is 0 Å². The van der Waals surface area contributed by atoms with Crippen LogP contribution in [-0.4, -0.2) is 7.85 Å². The van der Waals surface area contributed by atoms with Crippen LogP contribution >= 0.6 is 15.9 Å². The second kappa shape index (κ2) is 5.50. The number of para-hydroxylation sites is 1. The third-order valence-electron chi connectivity index (χ3n) is 4.71. The molecular formula is C22H12BBrO. The highest BCUT2D eigenvalue weighted by Gasteiger charge is 2.09. The third-order valence-corrected chi connectivity index (χ3v) is 5.40. The Hall–Kier alpha value is -2.52. The molecule has 0 saturated heterocycles. The van der Waals surface area contributed by atoms with Gasteiger partial charge in [0, 0.05) is 15.2 Å². The SMILES string of the molecule is [B]c1ccc(Br)c2cc(-c3ccc4oc5ccccc5c4c3)ccc12. The van der Waals surface area contributed by atoms with E-state index in [9.17, 15) is 0 Å². The fourth-order valence-corrected chi connectivity index (χ4v) is 3.88. The zero-order valence-electron chi connectivity index (χ0n) is 13.3. The summed E-state index contributed by atoms with van der Waals surface area (Å²) in [7, 11) is 6.10. The van der Waals surface area contributed by atoms with Crippen LogP contribution in [0.5, 0.6) is 0 Å². The van der Waals surface area contributed by atoms with Crippen molar-refractivity contribution in [3.8, 4) is 11.1 Å². The number of rotatable bonds is 1. The zero-order chi connectivity index (χ0) is 17.0. The van der Waals surface area contributed by atoms with Crippen LogP contribution in [0.15, 0.2) is 81.7 Å². The number of furan rings is 1. The van der Waals surface area contributed by atoms with Gasteiger partial charge in [0.25, 0.3) is 0 Å². The number of hydrogen-bond donors (Lipinski definition) is 0. The molecule has 2 radical (unpaired) electrons. The van der Waals surface area contributed by atoms with E-state index in [4.69, 9.17) is 12.3 Å². The molecular weight excluding hydrogens is 371 g/mol. The predicted octanol–water partition coefficient (Wildman–Crippen LogP) is 5.96. The van der Waals surface area contributed by atoms with Crippen LogP contribution in [0.3, 0.4) is 0 Å². The second-order valence-corrected chi connectivity index (χ2v) is 7.06. The van der Waals surface area contributed by atoms with E-state index < -0.39 is 0 Å². The van der Waals surface area contributed by atoms with E-state index in [0.29, 0.717) is 0 Å². The first-order valence-electron chi connectivity index (χ1n) is 8.10. The quantitative estimate of drug-likeness (QED) is 0.326. The fraction of sp³-hybridized carbons (Fsp3) is 0. The third kappa shape index (κ3) is 2.31. The molecule has 0 atom stereocenters. The summed E-state index contributed by atoms with van der Waals surface area (Å²) in [5.74, 6) is 0.